The molecule has 0 unspecified atom stereocenters. The molecule has 1 saturated carbocycles. The van der Waals surface area contributed by atoms with Gasteiger partial charge in [0.25, 0.3) is 0 Å². The molecular weight excluding hydrogens is 246 g/mol. The molecule has 6 heteroatoms. The molecular formula is C13H19N3O3. The normalized spacial score (nSPS) is 14.2. The van der Waals surface area contributed by atoms with Crippen molar-refractivity contribution < 1.29 is 14.6 Å². The van der Waals surface area contributed by atoms with Gasteiger partial charge in [-0.2, -0.15) is 0 Å². The minimum atomic E-state index is -0.441. The minimum absolute atomic E-state index is 0.0290. The molecule has 3 N–H and O–H groups in total. The summed E-state index contributed by atoms with van der Waals surface area (Å²) in [6.07, 6.45) is 3.67. The summed E-state index contributed by atoms with van der Waals surface area (Å²) in [5.41, 5.74) is 6.67. The van der Waals surface area contributed by atoms with Gasteiger partial charge < -0.3 is 20.5 Å². The fourth-order valence-corrected chi connectivity index (χ4v) is 2.03. The molecule has 1 aromatic rings. The number of carbonyl (C=O) groups excluding carboxylic acids is 1. The van der Waals surface area contributed by atoms with Gasteiger partial charge in [-0.3, -0.25) is 0 Å². The summed E-state index contributed by atoms with van der Waals surface area (Å²) in [6, 6.07) is 1.92. The Morgan fingerprint density at radius 2 is 2.37 bits per heavy atom. The van der Waals surface area contributed by atoms with Crippen molar-refractivity contribution in [2.75, 3.05) is 30.4 Å². The molecule has 6 nitrogen and oxygen atoms in total. The first-order valence-electron chi connectivity index (χ1n) is 6.48. The number of anilines is 2. The van der Waals surface area contributed by atoms with Gasteiger partial charge in [0.05, 0.1) is 24.5 Å². The van der Waals surface area contributed by atoms with Gasteiger partial charge >= 0.3 is 5.97 Å². The summed E-state index contributed by atoms with van der Waals surface area (Å²) in [4.78, 5) is 18.0. The summed E-state index contributed by atoms with van der Waals surface area (Å²) in [5, 5.41) is 9.13. The molecule has 1 heterocycles. The zero-order valence-electron chi connectivity index (χ0n) is 11.0. The number of carbonyl (C=O) groups is 1. The monoisotopic (exact) mass is 265 g/mol. The number of esters is 1. The van der Waals surface area contributed by atoms with Gasteiger partial charge in [-0.05, 0) is 25.8 Å². The van der Waals surface area contributed by atoms with Crippen LogP contribution in [0.2, 0.25) is 0 Å². The molecule has 104 valence electrons. The molecule has 0 amide bonds. The Labute approximate surface area is 112 Å². The van der Waals surface area contributed by atoms with Gasteiger partial charge in [0, 0.05) is 18.8 Å². The summed E-state index contributed by atoms with van der Waals surface area (Å²) in [6.45, 7) is 2.55. The highest BCUT2D eigenvalue weighted by Crippen LogP contribution is 2.34. The van der Waals surface area contributed by atoms with Crippen molar-refractivity contribution >= 4 is 17.5 Å². The first-order chi connectivity index (χ1) is 9.19. The van der Waals surface area contributed by atoms with Crippen LogP contribution in [0, 0.1) is 0 Å². The van der Waals surface area contributed by atoms with Crippen LogP contribution in [-0.4, -0.2) is 41.9 Å². The van der Waals surface area contributed by atoms with E-state index in [0.717, 1.165) is 12.8 Å². The quantitative estimate of drug-likeness (QED) is 0.740. The number of hydrogen-bond acceptors (Lipinski definition) is 6. The van der Waals surface area contributed by atoms with E-state index in [4.69, 9.17) is 15.6 Å². The maximum atomic E-state index is 11.8. The van der Waals surface area contributed by atoms with Crippen LogP contribution in [0.15, 0.2) is 12.3 Å². The maximum absolute atomic E-state index is 11.8. The predicted octanol–water partition coefficient (Wildman–Crippen LogP) is 0.802. The fraction of sp³-hybridized carbons (Fsp3) is 0.538. The third kappa shape index (κ3) is 2.96. The van der Waals surface area contributed by atoms with Crippen LogP contribution in [0.3, 0.4) is 0 Å². The molecule has 1 aliphatic carbocycles. The highest BCUT2D eigenvalue weighted by molar-refractivity contribution is 5.97. The van der Waals surface area contributed by atoms with Crippen molar-refractivity contribution in [3.05, 3.63) is 17.8 Å². The second kappa shape index (κ2) is 5.88. The lowest BCUT2D eigenvalue weighted by molar-refractivity contribution is 0.0527. The Kier molecular flexibility index (Phi) is 4.21. The number of hydrogen-bond donors (Lipinski definition) is 2. The highest BCUT2D eigenvalue weighted by atomic mass is 16.5. The number of aromatic nitrogens is 1. The molecule has 0 saturated heterocycles. The van der Waals surface area contributed by atoms with Crippen LogP contribution in [0.25, 0.3) is 0 Å². The lowest BCUT2D eigenvalue weighted by Gasteiger charge is -2.24. The van der Waals surface area contributed by atoms with Gasteiger partial charge in [0.2, 0.25) is 0 Å². The number of ether oxygens (including phenoxy) is 1. The summed E-state index contributed by atoms with van der Waals surface area (Å²) in [7, 11) is 0. The van der Waals surface area contributed by atoms with Crippen molar-refractivity contribution in [3.63, 3.8) is 0 Å². The largest absolute Gasteiger partial charge is 0.462 e. The summed E-state index contributed by atoms with van der Waals surface area (Å²) in [5.74, 6) is 0.116. The molecule has 19 heavy (non-hydrogen) atoms. The van der Waals surface area contributed by atoms with E-state index >= 15 is 0 Å². The number of aliphatic hydroxyl groups is 1. The first-order valence-corrected chi connectivity index (χ1v) is 6.48. The fourth-order valence-electron chi connectivity index (χ4n) is 2.03. The van der Waals surface area contributed by atoms with Gasteiger partial charge in [-0.25, -0.2) is 9.78 Å². The number of aliphatic hydroxyl groups excluding tert-OH is 1. The lowest BCUT2D eigenvalue weighted by Crippen LogP contribution is -2.31. The maximum Gasteiger partial charge on any atom is 0.340 e. The van der Waals surface area contributed by atoms with Crippen molar-refractivity contribution in [1.82, 2.24) is 4.98 Å². The second-order valence-electron chi connectivity index (χ2n) is 4.46. The average molecular weight is 265 g/mol. The zero-order chi connectivity index (χ0) is 13.8. The molecule has 0 radical (unpaired) electrons. The second-order valence-corrected chi connectivity index (χ2v) is 4.46. The van der Waals surface area contributed by atoms with E-state index in [1.54, 1.807) is 19.2 Å². The van der Waals surface area contributed by atoms with Gasteiger partial charge in [-0.15, -0.1) is 0 Å². The van der Waals surface area contributed by atoms with Crippen LogP contribution in [0.1, 0.15) is 30.1 Å². The van der Waals surface area contributed by atoms with Crippen LogP contribution < -0.4 is 10.6 Å². The molecule has 2 rings (SSSR count). The first kappa shape index (κ1) is 13.6. The van der Waals surface area contributed by atoms with Crippen LogP contribution in [0.5, 0.6) is 0 Å². The van der Waals surface area contributed by atoms with E-state index in [0.29, 0.717) is 36.3 Å². The zero-order valence-corrected chi connectivity index (χ0v) is 11.0. The molecule has 1 fully saturated rings. The Morgan fingerprint density at radius 3 is 2.95 bits per heavy atom. The third-order valence-corrected chi connectivity index (χ3v) is 3.07. The number of nitrogen functional groups attached to an aromatic ring is 1. The van der Waals surface area contributed by atoms with E-state index in [1.165, 1.54) is 0 Å². The number of pyridine rings is 1. The molecule has 0 bridgehead atoms. The molecule has 0 aliphatic heterocycles. The average Bonchev–Trinajstić information content (AvgIpc) is 3.21. The van der Waals surface area contributed by atoms with Gasteiger partial charge in [0.1, 0.15) is 0 Å². The van der Waals surface area contributed by atoms with E-state index < -0.39 is 5.97 Å². The number of nitrogens with two attached hydrogens (primary N) is 1. The van der Waals surface area contributed by atoms with E-state index in [1.807, 2.05) is 4.90 Å². The van der Waals surface area contributed by atoms with Gasteiger partial charge in [0.15, 0.2) is 5.82 Å². The Morgan fingerprint density at radius 1 is 1.63 bits per heavy atom. The molecule has 1 aliphatic rings. The lowest BCUT2D eigenvalue weighted by atomic mass is 10.2. The van der Waals surface area contributed by atoms with Gasteiger partial charge in [-0.1, -0.05) is 0 Å². The summed E-state index contributed by atoms with van der Waals surface area (Å²) >= 11 is 0. The van der Waals surface area contributed by atoms with Crippen LogP contribution in [-0.2, 0) is 4.74 Å². The standard InChI is InChI=1S/C13H19N3O3/c1-2-19-13(18)10-5-6-15-12(11(10)14)16(7-8-17)9-3-4-9/h5-6,9,17H,2-4,7-8,14H2,1H3. The topological polar surface area (TPSA) is 88.7 Å². The van der Waals surface area contributed by atoms with Crippen LogP contribution >= 0.6 is 0 Å². The molecule has 1 aromatic heterocycles. The van der Waals surface area contributed by atoms with E-state index in [9.17, 15) is 4.79 Å². The summed E-state index contributed by atoms with van der Waals surface area (Å²) < 4.78 is 4.96. The molecule has 0 aromatic carbocycles. The Balaban J connectivity index is 2.29. The third-order valence-electron chi connectivity index (χ3n) is 3.07. The van der Waals surface area contributed by atoms with Crippen LogP contribution in [0.4, 0.5) is 11.5 Å². The number of rotatable bonds is 6. The number of nitrogens with zero attached hydrogens (tertiary/aromatic N) is 2. The molecule has 0 spiro atoms. The van der Waals surface area contributed by atoms with Crippen molar-refractivity contribution in [2.24, 2.45) is 0 Å². The van der Waals surface area contributed by atoms with E-state index in [2.05, 4.69) is 4.98 Å². The molecule has 0 atom stereocenters. The highest BCUT2D eigenvalue weighted by Gasteiger charge is 2.31. The van der Waals surface area contributed by atoms with Crippen molar-refractivity contribution in [3.8, 4) is 0 Å². The van der Waals surface area contributed by atoms with E-state index in [-0.39, 0.29) is 6.61 Å². The SMILES string of the molecule is CCOC(=O)c1ccnc(N(CCO)C2CC2)c1N. The minimum Gasteiger partial charge on any atom is -0.462 e. The Hall–Kier alpha value is -1.82. The smallest absolute Gasteiger partial charge is 0.340 e. The van der Waals surface area contributed by atoms with Crippen molar-refractivity contribution in [2.45, 2.75) is 25.8 Å². The Bertz CT molecular complexity index is 460. The van der Waals surface area contributed by atoms with Crippen molar-refractivity contribution in [1.29, 1.82) is 0 Å². The predicted molar refractivity (Wildman–Crippen MR) is 72.1 cm³/mol.